The Labute approximate surface area is 104 Å². The van der Waals surface area contributed by atoms with Gasteiger partial charge in [-0.15, -0.1) is 0 Å². The molecule has 4 nitrogen and oxygen atoms in total. The molecule has 0 bridgehead atoms. The van der Waals surface area contributed by atoms with Crippen LogP contribution in [0.5, 0.6) is 0 Å². The van der Waals surface area contributed by atoms with Gasteiger partial charge in [0.2, 0.25) is 0 Å². The zero-order chi connectivity index (χ0) is 8.53. The first-order valence-electron chi connectivity index (χ1n) is 4.47. The summed E-state index contributed by atoms with van der Waals surface area (Å²) in [5.41, 5.74) is 0. The molecule has 0 aliphatic rings. The molecule has 0 aliphatic heterocycles. The first-order chi connectivity index (χ1) is 5.27. The molecule has 0 amide bonds. The Balaban J connectivity index is -0.000000167. The molecule has 0 aliphatic carbocycles. The summed E-state index contributed by atoms with van der Waals surface area (Å²) in [5.74, 6) is -0.916. The van der Waals surface area contributed by atoms with Crippen LogP contribution in [0.15, 0.2) is 0 Å². The molecule has 0 saturated heterocycles. The quantitative estimate of drug-likeness (QED) is 0.648. The van der Waals surface area contributed by atoms with Crippen LogP contribution in [0.3, 0.4) is 0 Å². The van der Waals surface area contributed by atoms with Crippen LogP contribution in [-0.2, 0) is 4.79 Å². The molecule has 0 spiro atoms. The Bertz CT molecular complexity index is 109. The van der Waals surface area contributed by atoms with Crippen LogP contribution in [0.2, 0.25) is 0 Å². The topological polar surface area (TPSA) is 100 Å². The van der Waals surface area contributed by atoms with Gasteiger partial charge in [0, 0.05) is 5.97 Å². The third kappa shape index (κ3) is 22.8. The number of aliphatic carboxylic acids is 1. The number of hydrogen-bond acceptors (Lipinski definition) is 4. The van der Waals surface area contributed by atoms with Crippen molar-refractivity contribution < 1.29 is 20.9 Å². The van der Waals surface area contributed by atoms with Crippen LogP contribution in [0, 0.1) is 0 Å². The number of carboxylic acids is 1. The van der Waals surface area contributed by atoms with Crippen LogP contribution in [0.1, 0.15) is 51.9 Å². The average molecular weight is 306 g/mol. The van der Waals surface area contributed by atoms with E-state index in [0.29, 0.717) is 0 Å². The number of rotatable bonds is 7. The van der Waals surface area contributed by atoms with Crippen LogP contribution in [0.4, 0.5) is 0 Å². The van der Waals surface area contributed by atoms with Crippen molar-refractivity contribution >= 4 is 31.8 Å². The maximum atomic E-state index is 9.98. The Kier molecular flexibility index (Phi) is 32.2. The van der Waals surface area contributed by atoms with Crippen molar-refractivity contribution in [1.82, 2.24) is 0 Å². The minimum atomic E-state index is -0.916. The first kappa shape index (κ1) is 23.8. The van der Waals surface area contributed by atoms with E-state index in [1.807, 2.05) is 0 Å². The monoisotopic (exact) mass is 306 g/mol. The summed E-state index contributed by atoms with van der Waals surface area (Å²) >= 11 is 0. The second kappa shape index (κ2) is 18.9. The van der Waals surface area contributed by atoms with Crippen molar-refractivity contribution in [1.29, 1.82) is 0 Å². The van der Waals surface area contributed by atoms with E-state index in [0.717, 1.165) is 12.8 Å². The zero-order valence-corrected chi connectivity index (χ0v) is 12.0. The summed E-state index contributed by atoms with van der Waals surface area (Å²) in [4.78, 5) is 9.98. The summed E-state index contributed by atoms with van der Waals surface area (Å²) in [6.45, 7) is 2.17. The standard InChI is InChI=1S/C9H18O2.In.2H2O/c1-2-3-4-5-6-7-8-9(10)11;;;/h2-8H2,1H3,(H,10,11);;2*1H2/q;+3;;/p-3. The van der Waals surface area contributed by atoms with Crippen molar-refractivity contribution in [2.24, 2.45) is 0 Å². The van der Waals surface area contributed by atoms with Gasteiger partial charge in [-0.25, -0.2) is 0 Å². The Morgan fingerprint density at radius 2 is 1.43 bits per heavy atom. The molecule has 0 saturated carbocycles. The van der Waals surface area contributed by atoms with Gasteiger partial charge in [0.15, 0.2) is 0 Å². The zero-order valence-electron chi connectivity index (χ0n) is 8.74. The van der Waals surface area contributed by atoms with Gasteiger partial charge < -0.3 is 20.9 Å². The summed E-state index contributed by atoms with van der Waals surface area (Å²) in [6, 6.07) is 0. The minimum Gasteiger partial charge on any atom is -0.870 e. The van der Waals surface area contributed by atoms with Gasteiger partial charge in [-0.2, -0.15) is 0 Å². The molecule has 0 aromatic carbocycles. The van der Waals surface area contributed by atoms with Crippen molar-refractivity contribution in [3.63, 3.8) is 0 Å². The fourth-order valence-electron chi connectivity index (χ4n) is 1.05. The van der Waals surface area contributed by atoms with Crippen LogP contribution < -0.4 is 5.11 Å². The first-order valence-corrected chi connectivity index (χ1v) is 4.47. The molecule has 0 fully saturated rings. The number of hydrogen-bond donors (Lipinski definition) is 0. The van der Waals surface area contributed by atoms with E-state index in [2.05, 4.69) is 6.92 Å². The molecular weight excluding hydrogens is 287 g/mol. The van der Waals surface area contributed by atoms with E-state index >= 15 is 0 Å². The maximum absolute atomic E-state index is 9.98. The molecule has 0 radical (unpaired) electrons. The molecule has 0 heterocycles. The molecule has 0 atom stereocenters. The smallest absolute Gasteiger partial charge is 0.870 e. The predicted octanol–water partition coefficient (Wildman–Crippen LogP) is 0.753. The van der Waals surface area contributed by atoms with Crippen LogP contribution in [0.25, 0.3) is 0 Å². The Morgan fingerprint density at radius 1 is 1.00 bits per heavy atom. The number of carbonyl (C=O) groups excluding carboxylic acids is 1. The van der Waals surface area contributed by atoms with E-state index in [1.54, 1.807) is 0 Å². The fraction of sp³-hybridized carbons (Fsp3) is 0.889. The van der Waals surface area contributed by atoms with E-state index in [4.69, 9.17) is 0 Å². The van der Waals surface area contributed by atoms with Gasteiger partial charge in [-0.3, -0.25) is 0 Å². The summed E-state index contributed by atoms with van der Waals surface area (Å²) in [5, 5.41) is 9.98. The van der Waals surface area contributed by atoms with E-state index in [9.17, 15) is 9.90 Å². The second-order valence-corrected chi connectivity index (χ2v) is 2.89. The van der Waals surface area contributed by atoms with E-state index < -0.39 is 5.97 Å². The predicted molar refractivity (Wildman–Crippen MR) is 52.6 cm³/mol. The van der Waals surface area contributed by atoms with Crippen molar-refractivity contribution in [3.8, 4) is 0 Å². The molecule has 82 valence electrons. The largest absolute Gasteiger partial charge is 3.00 e. The molecule has 0 aromatic heterocycles. The SMILES string of the molecule is CCCCCCCCC(=O)[O-].[In+3].[OH-].[OH-]. The molecule has 0 unspecified atom stereocenters. The van der Waals surface area contributed by atoms with Gasteiger partial charge in [-0.05, 0) is 12.8 Å². The van der Waals surface area contributed by atoms with Crippen molar-refractivity contribution in [2.75, 3.05) is 0 Å². The van der Waals surface area contributed by atoms with Gasteiger partial charge in [0.1, 0.15) is 0 Å². The number of carboxylic acid groups (broad SMARTS) is 1. The molecule has 0 aromatic rings. The van der Waals surface area contributed by atoms with Crippen molar-refractivity contribution in [3.05, 3.63) is 0 Å². The molecular formula is C9H19InO4. The second-order valence-electron chi connectivity index (χ2n) is 2.89. The third-order valence-electron chi connectivity index (χ3n) is 1.73. The minimum absolute atomic E-state index is 0. The third-order valence-corrected chi connectivity index (χ3v) is 1.73. The molecule has 14 heavy (non-hydrogen) atoms. The Morgan fingerprint density at radius 3 is 1.86 bits per heavy atom. The van der Waals surface area contributed by atoms with E-state index in [1.165, 1.54) is 25.7 Å². The maximum Gasteiger partial charge on any atom is 3.00 e. The molecule has 2 N–H and O–H groups in total. The molecule has 5 heteroatoms. The summed E-state index contributed by atoms with van der Waals surface area (Å²) in [7, 11) is 0. The normalized spacial score (nSPS) is 7.79. The summed E-state index contributed by atoms with van der Waals surface area (Å²) < 4.78 is 0. The van der Waals surface area contributed by atoms with Gasteiger partial charge in [0.05, 0.1) is 0 Å². The Hall–Kier alpha value is 0.260. The van der Waals surface area contributed by atoms with Gasteiger partial charge >= 0.3 is 25.8 Å². The van der Waals surface area contributed by atoms with E-state index in [-0.39, 0.29) is 43.2 Å². The molecule has 0 rings (SSSR count). The van der Waals surface area contributed by atoms with Gasteiger partial charge in [-0.1, -0.05) is 39.0 Å². The van der Waals surface area contributed by atoms with Crippen molar-refractivity contribution in [2.45, 2.75) is 51.9 Å². The number of carbonyl (C=O) groups is 1. The summed E-state index contributed by atoms with van der Waals surface area (Å²) in [6.07, 6.45) is 6.96. The fourth-order valence-corrected chi connectivity index (χ4v) is 1.05. The van der Waals surface area contributed by atoms with Crippen LogP contribution in [-0.4, -0.2) is 42.8 Å². The number of unbranched alkanes of at least 4 members (excludes halogenated alkanes) is 5. The van der Waals surface area contributed by atoms with Gasteiger partial charge in [0.25, 0.3) is 0 Å². The average Bonchev–Trinajstić information content (AvgIpc) is 1.96. The van der Waals surface area contributed by atoms with Crippen LogP contribution >= 0.6 is 0 Å².